The van der Waals surface area contributed by atoms with Crippen molar-refractivity contribution in [1.82, 2.24) is 4.98 Å². The quantitative estimate of drug-likeness (QED) is 0.406. The number of carbonyl (C=O) groups is 1. The average Bonchev–Trinajstić information content (AvgIpc) is 3.14. The molecule has 0 aliphatic carbocycles. The van der Waals surface area contributed by atoms with E-state index in [4.69, 9.17) is 14.1 Å². The second-order valence-corrected chi connectivity index (χ2v) is 5.21. The first-order valence-corrected chi connectivity index (χ1v) is 7.22. The molecule has 0 saturated carbocycles. The summed E-state index contributed by atoms with van der Waals surface area (Å²) >= 11 is 0. The maximum atomic E-state index is 12.2. The Hall–Kier alpha value is -3.14. The number of hydrogen-bond acceptors (Lipinski definition) is 4. The number of hydrogen-bond donors (Lipinski definition) is 0. The van der Waals surface area contributed by atoms with Gasteiger partial charge in [0.05, 0.1) is 24.5 Å². The second kappa shape index (κ2) is 5.25. The van der Waals surface area contributed by atoms with E-state index in [9.17, 15) is 4.79 Å². The molecule has 0 amide bonds. The molecule has 112 valence electrons. The normalized spacial score (nSPS) is 11.0. The molecular formula is C19H13NO3. The Bertz CT molecular complexity index is 1020. The highest BCUT2D eigenvalue weighted by atomic mass is 16.5. The molecule has 0 atom stereocenters. The summed E-state index contributed by atoms with van der Waals surface area (Å²) in [4.78, 5) is 16.9. The first-order valence-electron chi connectivity index (χ1n) is 7.22. The molecule has 0 N–H and O–H groups in total. The van der Waals surface area contributed by atoms with Crippen LogP contribution >= 0.6 is 0 Å². The molecule has 0 fully saturated rings. The standard InChI is InChI=1S/C19H13NO3/c1-22-19(21)15-11-16(17-7-4-10-23-17)20-18-13-6-3-2-5-12(13)8-9-14(15)18/h2-11H,1H3. The van der Waals surface area contributed by atoms with Gasteiger partial charge in [-0.15, -0.1) is 0 Å². The molecule has 0 aliphatic heterocycles. The van der Waals surface area contributed by atoms with E-state index in [2.05, 4.69) is 0 Å². The van der Waals surface area contributed by atoms with Crippen LogP contribution in [0.25, 0.3) is 33.1 Å². The Kier molecular flexibility index (Phi) is 3.08. The van der Waals surface area contributed by atoms with Crippen molar-refractivity contribution < 1.29 is 13.9 Å². The monoisotopic (exact) mass is 303 g/mol. The molecule has 0 spiro atoms. The summed E-state index contributed by atoms with van der Waals surface area (Å²) in [7, 11) is 1.38. The fourth-order valence-corrected chi connectivity index (χ4v) is 2.79. The van der Waals surface area contributed by atoms with Crippen LogP contribution in [0.2, 0.25) is 0 Å². The van der Waals surface area contributed by atoms with Gasteiger partial charge >= 0.3 is 5.97 Å². The lowest BCUT2D eigenvalue weighted by Gasteiger charge is -2.09. The number of aromatic nitrogens is 1. The highest BCUT2D eigenvalue weighted by Gasteiger charge is 2.16. The Labute approximate surface area is 132 Å². The number of rotatable bonds is 2. The summed E-state index contributed by atoms with van der Waals surface area (Å²) in [6.07, 6.45) is 1.59. The van der Waals surface area contributed by atoms with Gasteiger partial charge in [-0.1, -0.05) is 36.4 Å². The third-order valence-corrected chi connectivity index (χ3v) is 3.88. The van der Waals surface area contributed by atoms with E-state index in [1.807, 2.05) is 42.5 Å². The lowest BCUT2D eigenvalue weighted by Crippen LogP contribution is -2.04. The molecule has 4 aromatic rings. The van der Waals surface area contributed by atoms with Crippen molar-refractivity contribution in [1.29, 1.82) is 0 Å². The molecule has 2 heterocycles. The molecule has 2 aromatic carbocycles. The highest BCUT2D eigenvalue weighted by Crippen LogP contribution is 2.30. The van der Waals surface area contributed by atoms with E-state index >= 15 is 0 Å². The van der Waals surface area contributed by atoms with Gasteiger partial charge in [-0.2, -0.15) is 0 Å². The molecule has 0 radical (unpaired) electrons. The smallest absolute Gasteiger partial charge is 0.338 e. The molecule has 23 heavy (non-hydrogen) atoms. The molecular weight excluding hydrogens is 290 g/mol. The van der Waals surface area contributed by atoms with Gasteiger partial charge in [-0.05, 0) is 23.6 Å². The van der Waals surface area contributed by atoms with Crippen LogP contribution < -0.4 is 0 Å². The molecule has 4 rings (SSSR count). The van der Waals surface area contributed by atoms with E-state index < -0.39 is 0 Å². The number of benzene rings is 2. The first-order chi connectivity index (χ1) is 11.3. The van der Waals surface area contributed by atoms with Crippen LogP contribution in [-0.2, 0) is 4.74 Å². The fraction of sp³-hybridized carbons (Fsp3) is 0.0526. The summed E-state index contributed by atoms with van der Waals surface area (Å²) in [6, 6.07) is 17.2. The van der Waals surface area contributed by atoms with E-state index in [1.165, 1.54) is 7.11 Å². The number of pyridine rings is 1. The van der Waals surface area contributed by atoms with Crippen molar-refractivity contribution in [2.24, 2.45) is 0 Å². The van der Waals surface area contributed by atoms with E-state index in [0.717, 1.165) is 21.7 Å². The van der Waals surface area contributed by atoms with Gasteiger partial charge in [0.15, 0.2) is 5.76 Å². The van der Waals surface area contributed by atoms with Crippen LogP contribution in [-0.4, -0.2) is 18.1 Å². The Morgan fingerprint density at radius 1 is 1.04 bits per heavy atom. The maximum absolute atomic E-state index is 12.2. The van der Waals surface area contributed by atoms with E-state index in [1.54, 1.807) is 18.4 Å². The van der Waals surface area contributed by atoms with Gasteiger partial charge in [-0.25, -0.2) is 9.78 Å². The van der Waals surface area contributed by atoms with Gasteiger partial charge < -0.3 is 9.15 Å². The summed E-state index contributed by atoms with van der Waals surface area (Å²) in [6.45, 7) is 0. The lowest BCUT2D eigenvalue weighted by atomic mass is 10.0. The van der Waals surface area contributed by atoms with Crippen molar-refractivity contribution in [3.63, 3.8) is 0 Å². The predicted molar refractivity (Wildman–Crippen MR) is 88.3 cm³/mol. The molecule has 4 heteroatoms. The number of methoxy groups -OCH3 is 1. The highest BCUT2D eigenvalue weighted by molar-refractivity contribution is 6.13. The molecule has 0 saturated heterocycles. The Balaban J connectivity index is 2.14. The zero-order chi connectivity index (χ0) is 15.8. The lowest BCUT2D eigenvalue weighted by molar-refractivity contribution is 0.0603. The number of ether oxygens (including phenoxy) is 1. The SMILES string of the molecule is COC(=O)c1cc(-c2ccco2)nc2c1ccc1ccccc12. The minimum Gasteiger partial charge on any atom is -0.465 e. The van der Waals surface area contributed by atoms with Gasteiger partial charge in [0.1, 0.15) is 5.69 Å². The van der Waals surface area contributed by atoms with Crippen molar-refractivity contribution in [2.75, 3.05) is 7.11 Å². The third-order valence-electron chi connectivity index (χ3n) is 3.88. The van der Waals surface area contributed by atoms with Gasteiger partial charge in [0.25, 0.3) is 0 Å². The average molecular weight is 303 g/mol. The molecule has 2 aromatic heterocycles. The van der Waals surface area contributed by atoms with Gasteiger partial charge in [0, 0.05) is 10.8 Å². The maximum Gasteiger partial charge on any atom is 0.338 e. The predicted octanol–water partition coefficient (Wildman–Crippen LogP) is 4.43. The summed E-state index contributed by atoms with van der Waals surface area (Å²) in [5, 5.41) is 2.83. The van der Waals surface area contributed by atoms with E-state index in [-0.39, 0.29) is 5.97 Å². The van der Waals surface area contributed by atoms with Gasteiger partial charge in [0.2, 0.25) is 0 Å². The Morgan fingerprint density at radius 3 is 2.70 bits per heavy atom. The van der Waals surface area contributed by atoms with Gasteiger partial charge in [-0.3, -0.25) is 0 Å². The van der Waals surface area contributed by atoms with E-state index in [0.29, 0.717) is 17.0 Å². The summed E-state index contributed by atoms with van der Waals surface area (Å²) < 4.78 is 10.4. The van der Waals surface area contributed by atoms with Crippen molar-refractivity contribution in [3.05, 3.63) is 66.4 Å². The molecule has 4 nitrogen and oxygen atoms in total. The van der Waals surface area contributed by atoms with Crippen molar-refractivity contribution in [3.8, 4) is 11.5 Å². The number of nitrogens with zero attached hydrogens (tertiary/aromatic N) is 1. The zero-order valence-corrected chi connectivity index (χ0v) is 12.4. The fourth-order valence-electron chi connectivity index (χ4n) is 2.79. The van der Waals surface area contributed by atoms with Crippen molar-refractivity contribution >= 4 is 27.6 Å². The minimum atomic E-state index is -0.388. The Morgan fingerprint density at radius 2 is 1.91 bits per heavy atom. The summed E-state index contributed by atoms with van der Waals surface area (Å²) in [5.74, 6) is 0.227. The van der Waals surface area contributed by atoms with Crippen LogP contribution in [0.5, 0.6) is 0 Å². The third kappa shape index (κ3) is 2.16. The number of carbonyl (C=O) groups excluding carboxylic acids is 1. The minimum absolute atomic E-state index is 0.388. The number of furan rings is 1. The number of esters is 1. The summed E-state index contributed by atoms with van der Waals surface area (Å²) in [5.41, 5.74) is 1.85. The number of fused-ring (bicyclic) bond motifs is 3. The largest absolute Gasteiger partial charge is 0.465 e. The molecule has 0 bridgehead atoms. The van der Waals surface area contributed by atoms with Crippen LogP contribution in [0.1, 0.15) is 10.4 Å². The van der Waals surface area contributed by atoms with Crippen LogP contribution in [0.3, 0.4) is 0 Å². The van der Waals surface area contributed by atoms with Crippen LogP contribution in [0.4, 0.5) is 0 Å². The van der Waals surface area contributed by atoms with Crippen LogP contribution in [0, 0.1) is 0 Å². The zero-order valence-electron chi connectivity index (χ0n) is 12.4. The molecule has 0 unspecified atom stereocenters. The topological polar surface area (TPSA) is 52.3 Å². The van der Waals surface area contributed by atoms with Crippen molar-refractivity contribution in [2.45, 2.75) is 0 Å². The molecule has 0 aliphatic rings. The first kappa shape index (κ1) is 13.5. The van der Waals surface area contributed by atoms with Crippen LogP contribution in [0.15, 0.2) is 65.3 Å². The second-order valence-electron chi connectivity index (χ2n) is 5.21.